The van der Waals surface area contributed by atoms with Crippen LogP contribution in [-0.2, 0) is 26.4 Å². The van der Waals surface area contributed by atoms with E-state index in [9.17, 15) is 4.79 Å². The van der Waals surface area contributed by atoms with Crippen LogP contribution < -0.4 is 11.5 Å². The number of amidine groups is 2. The van der Waals surface area contributed by atoms with Gasteiger partial charge >= 0.3 is 0 Å². The molecule has 0 aliphatic carbocycles. The molecule has 0 aliphatic rings. The van der Waals surface area contributed by atoms with E-state index in [0.717, 1.165) is 51.7 Å². The number of pyridine rings is 1. The molecule has 9 heteroatoms. The lowest BCUT2D eigenvalue weighted by molar-refractivity contribution is 0.0748. The number of amides is 1. The number of nitrogens with zero attached hydrogens (tertiary/aromatic N) is 4. The number of aryl methyl sites for hydroxylation is 3. The maximum Gasteiger partial charge on any atom is 0.254 e. The third-order valence-electron chi connectivity index (χ3n) is 7.08. The van der Waals surface area contributed by atoms with Crippen LogP contribution in [0.3, 0.4) is 0 Å². The summed E-state index contributed by atoms with van der Waals surface area (Å²) in [6.07, 6.45) is 3.60. The Morgan fingerprint density at radius 3 is 2.40 bits per heavy atom. The van der Waals surface area contributed by atoms with Crippen LogP contribution in [0.5, 0.6) is 0 Å². The van der Waals surface area contributed by atoms with Crippen LogP contribution in [0.1, 0.15) is 39.3 Å². The van der Waals surface area contributed by atoms with Crippen molar-refractivity contribution in [1.82, 2.24) is 19.4 Å². The molecule has 2 aromatic heterocycles. The van der Waals surface area contributed by atoms with Crippen molar-refractivity contribution in [1.29, 1.82) is 10.8 Å². The first kappa shape index (κ1) is 26.6. The number of aromatic nitrogens is 3. The zero-order valence-corrected chi connectivity index (χ0v) is 22.4. The highest BCUT2D eigenvalue weighted by molar-refractivity contribution is 5.98. The SMILES string of the molecule is Cn1c(CCc2ccc(C(=N)N)cc2)nc2cc(C(=O)N(CCC(=N)N)Cc3cnc4ccccc4c3)ccc21. The number of carbonyl (C=O) groups excluding carboxylic acids is 1. The highest BCUT2D eigenvalue weighted by Gasteiger charge is 2.19. The van der Waals surface area contributed by atoms with E-state index in [2.05, 4.69) is 9.55 Å². The largest absolute Gasteiger partial charge is 0.388 e. The second-order valence-electron chi connectivity index (χ2n) is 9.94. The van der Waals surface area contributed by atoms with Crippen molar-refractivity contribution < 1.29 is 4.79 Å². The molecule has 2 heterocycles. The van der Waals surface area contributed by atoms with E-state index >= 15 is 0 Å². The number of carbonyl (C=O) groups is 1. The van der Waals surface area contributed by atoms with Gasteiger partial charge in [0.15, 0.2) is 0 Å². The number of para-hydroxylation sites is 1. The predicted octanol–water partition coefficient (Wildman–Crippen LogP) is 4.16. The van der Waals surface area contributed by atoms with E-state index in [0.29, 0.717) is 24.2 Å². The molecule has 6 N–H and O–H groups in total. The fraction of sp³-hybridized carbons (Fsp3) is 0.194. The van der Waals surface area contributed by atoms with Gasteiger partial charge in [-0.15, -0.1) is 0 Å². The number of nitrogens with one attached hydrogen (secondary N) is 2. The summed E-state index contributed by atoms with van der Waals surface area (Å²) < 4.78 is 2.06. The van der Waals surface area contributed by atoms with E-state index in [1.165, 1.54) is 0 Å². The lowest BCUT2D eigenvalue weighted by atomic mass is 10.1. The van der Waals surface area contributed by atoms with Gasteiger partial charge < -0.3 is 20.9 Å². The third-order valence-corrected chi connectivity index (χ3v) is 7.08. The quantitative estimate of drug-likeness (QED) is 0.157. The third kappa shape index (κ3) is 5.83. The molecule has 0 saturated heterocycles. The first-order valence-corrected chi connectivity index (χ1v) is 13.1. The summed E-state index contributed by atoms with van der Waals surface area (Å²) in [5.41, 5.74) is 17.1. The van der Waals surface area contributed by atoms with Gasteiger partial charge in [-0.2, -0.15) is 0 Å². The predicted molar refractivity (Wildman–Crippen MR) is 159 cm³/mol. The summed E-state index contributed by atoms with van der Waals surface area (Å²) in [7, 11) is 1.98. The molecule has 0 bridgehead atoms. The van der Waals surface area contributed by atoms with Gasteiger partial charge in [-0.05, 0) is 47.9 Å². The summed E-state index contributed by atoms with van der Waals surface area (Å²) in [4.78, 5) is 24.8. The normalized spacial score (nSPS) is 11.1. The molecule has 3 aromatic carbocycles. The molecule has 0 fully saturated rings. The highest BCUT2D eigenvalue weighted by Crippen LogP contribution is 2.21. The van der Waals surface area contributed by atoms with E-state index < -0.39 is 0 Å². The minimum atomic E-state index is -0.144. The molecule has 9 nitrogen and oxygen atoms in total. The van der Waals surface area contributed by atoms with Gasteiger partial charge in [-0.1, -0.05) is 42.5 Å². The summed E-state index contributed by atoms with van der Waals surface area (Å²) in [6, 6.07) is 23.2. The minimum Gasteiger partial charge on any atom is -0.388 e. The molecule has 1 amide bonds. The van der Waals surface area contributed by atoms with Crippen molar-refractivity contribution in [2.75, 3.05) is 6.54 Å². The topological polar surface area (TPSA) is 151 Å². The van der Waals surface area contributed by atoms with Crippen molar-refractivity contribution >= 4 is 39.5 Å². The maximum absolute atomic E-state index is 13.7. The van der Waals surface area contributed by atoms with Crippen LogP contribution in [0.4, 0.5) is 0 Å². The second kappa shape index (κ2) is 11.4. The molecular formula is C31H32N8O. The molecule has 202 valence electrons. The summed E-state index contributed by atoms with van der Waals surface area (Å²) in [6.45, 7) is 0.687. The van der Waals surface area contributed by atoms with Gasteiger partial charge in [0.05, 0.1) is 22.4 Å². The van der Waals surface area contributed by atoms with Gasteiger partial charge in [0.25, 0.3) is 5.91 Å². The smallest absolute Gasteiger partial charge is 0.254 e. The van der Waals surface area contributed by atoms with Crippen molar-refractivity contribution in [3.05, 3.63) is 107 Å². The van der Waals surface area contributed by atoms with Crippen molar-refractivity contribution in [2.45, 2.75) is 25.8 Å². The number of fused-ring (bicyclic) bond motifs is 2. The van der Waals surface area contributed by atoms with E-state index in [-0.39, 0.29) is 24.0 Å². The lowest BCUT2D eigenvalue weighted by Gasteiger charge is -2.23. The molecule has 0 aliphatic heterocycles. The lowest BCUT2D eigenvalue weighted by Crippen LogP contribution is -2.33. The van der Waals surface area contributed by atoms with Crippen LogP contribution in [0, 0.1) is 10.8 Å². The number of nitrogen functional groups attached to an aromatic ring is 1. The molecule has 5 rings (SSSR count). The molecule has 0 unspecified atom stereocenters. The Morgan fingerprint density at radius 1 is 0.900 bits per heavy atom. The zero-order valence-electron chi connectivity index (χ0n) is 22.4. The number of rotatable bonds is 10. The van der Waals surface area contributed by atoms with Crippen LogP contribution in [0.25, 0.3) is 21.9 Å². The Balaban J connectivity index is 1.36. The number of hydrogen-bond acceptors (Lipinski definition) is 5. The Kier molecular flexibility index (Phi) is 7.54. The second-order valence-corrected chi connectivity index (χ2v) is 9.94. The number of hydrogen-bond donors (Lipinski definition) is 4. The first-order valence-electron chi connectivity index (χ1n) is 13.1. The van der Waals surface area contributed by atoms with Crippen LogP contribution >= 0.6 is 0 Å². The minimum absolute atomic E-state index is 0.0372. The van der Waals surface area contributed by atoms with Gasteiger partial charge in [0, 0.05) is 55.7 Å². The summed E-state index contributed by atoms with van der Waals surface area (Å²) in [5.74, 6) is 0.872. The monoisotopic (exact) mass is 532 g/mol. The highest BCUT2D eigenvalue weighted by atomic mass is 16.2. The van der Waals surface area contributed by atoms with E-state index in [1.54, 1.807) is 11.1 Å². The molecule has 0 atom stereocenters. The number of nitrogens with two attached hydrogens (primary N) is 2. The van der Waals surface area contributed by atoms with Crippen LogP contribution in [-0.4, -0.2) is 43.6 Å². The zero-order chi connectivity index (χ0) is 28.2. The molecule has 0 radical (unpaired) electrons. The Bertz CT molecular complexity index is 1720. The van der Waals surface area contributed by atoms with E-state index in [4.69, 9.17) is 27.3 Å². The standard InChI is InChI=1S/C31H32N8O/c1-38-27-12-11-24(17-26(27)37-29(38)13-8-20-6-9-22(10-7-20)30(34)35)31(40)39(15-14-28(32)33)19-21-16-23-4-2-3-5-25(23)36-18-21/h2-7,9-12,16-18H,8,13-15,19H2,1H3,(H3,32,33)(H3,34,35). The van der Waals surface area contributed by atoms with Gasteiger partial charge in [0.2, 0.25) is 0 Å². The van der Waals surface area contributed by atoms with Gasteiger partial charge in [-0.3, -0.25) is 20.6 Å². The van der Waals surface area contributed by atoms with Crippen LogP contribution in [0.2, 0.25) is 0 Å². The molecule has 0 spiro atoms. The fourth-order valence-electron chi connectivity index (χ4n) is 4.83. The van der Waals surface area contributed by atoms with Gasteiger partial charge in [-0.25, -0.2) is 4.98 Å². The molecular weight excluding hydrogens is 500 g/mol. The number of imidazole rings is 1. The average molecular weight is 533 g/mol. The number of benzene rings is 3. The van der Waals surface area contributed by atoms with E-state index in [1.807, 2.05) is 79.8 Å². The van der Waals surface area contributed by atoms with Gasteiger partial charge in [0.1, 0.15) is 11.7 Å². The summed E-state index contributed by atoms with van der Waals surface area (Å²) >= 11 is 0. The van der Waals surface area contributed by atoms with Crippen molar-refractivity contribution in [2.24, 2.45) is 18.5 Å². The Morgan fingerprint density at radius 2 is 1.65 bits per heavy atom. The fourth-order valence-corrected chi connectivity index (χ4v) is 4.83. The molecule has 5 aromatic rings. The van der Waals surface area contributed by atoms with Crippen molar-refractivity contribution in [3.8, 4) is 0 Å². The summed E-state index contributed by atoms with van der Waals surface area (Å²) in [5, 5.41) is 16.2. The first-order chi connectivity index (χ1) is 19.3. The van der Waals surface area contributed by atoms with Crippen molar-refractivity contribution in [3.63, 3.8) is 0 Å². The van der Waals surface area contributed by atoms with Crippen LogP contribution in [0.15, 0.2) is 79.0 Å². The Hall–Kier alpha value is -5.05. The molecule has 0 saturated carbocycles. The molecule has 40 heavy (non-hydrogen) atoms. The maximum atomic E-state index is 13.7. The average Bonchev–Trinajstić information content (AvgIpc) is 3.28. The Labute approximate surface area is 232 Å².